The first-order valence-corrected chi connectivity index (χ1v) is 4.64. The fourth-order valence-electron chi connectivity index (χ4n) is 0.895. The van der Waals surface area contributed by atoms with Crippen molar-refractivity contribution < 1.29 is 0 Å². The third-order valence-corrected chi connectivity index (χ3v) is 2.20. The van der Waals surface area contributed by atoms with E-state index in [0.717, 1.165) is 5.56 Å². The van der Waals surface area contributed by atoms with E-state index >= 15 is 0 Å². The topological polar surface area (TPSA) is 0 Å². The van der Waals surface area contributed by atoms with Crippen molar-refractivity contribution in [2.75, 3.05) is 0 Å². The second-order valence-corrected chi connectivity index (χ2v) is 4.69. The summed E-state index contributed by atoms with van der Waals surface area (Å²) in [6, 6.07) is 7.47. The van der Waals surface area contributed by atoms with Gasteiger partial charge >= 0.3 is 0 Å². The van der Waals surface area contributed by atoms with Gasteiger partial charge in [-0.05, 0) is 12.0 Å². The molecule has 0 aliphatic carbocycles. The minimum atomic E-state index is -1.32. The molecule has 0 amide bonds. The van der Waals surface area contributed by atoms with Crippen LogP contribution >= 0.6 is 34.8 Å². The highest BCUT2D eigenvalue weighted by Gasteiger charge is 2.22. The molecule has 0 spiro atoms. The molecule has 1 radical (unpaired) electrons. The van der Waals surface area contributed by atoms with Crippen LogP contribution in [0.15, 0.2) is 24.3 Å². The minimum absolute atomic E-state index is 0.697. The van der Waals surface area contributed by atoms with Crippen LogP contribution in [0.25, 0.3) is 0 Å². The first-order valence-electron chi connectivity index (χ1n) is 3.50. The summed E-state index contributed by atoms with van der Waals surface area (Å²) in [5.74, 6) is 0. The molecule has 0 aromatic heterocycles. The van der Waals surface area contributed by atoms with Crippen LogP contribution in [0.5, 0.6) is 0 Å². The Bertz CT molecular complexity index is 263. The van der Waals surface area contributed by atoms with E-state index in [-0.39, 0.29) is 0 Å². The molecule has 1 aromatic carbocycles. The monoisotopic (exact) mass is 221 g/mol. The van der Waals surface area contributed by atoms with Crippen LogP contribution in [-0.2, 0) is 3.79 Å². The van der Waals surface area contributed by atoms with Crippen LogP contribution in [0, 0.1) is 6.42 Å². The number of halogens is 3. The van der Waals surface area contributed by atoms with Crippen molar-refractivity contribution in [1.29, 1.82) is 0 Å². The highest BCUT2D eigenvalue weighted by atomic mass is 35.6. The van der Waals surface area contributed by atoms with Crippen molar-refractivity contribution in [2.45, 2.75) is 10.7 Å². The molecular weight excluding hydrogens is 214 g/mol. The summed E-state index contributed by atoms with van der Waals surface area (Å²) in [5.41, 5.74) is 1.75. The number of hydrogen-bond acceptors (Lipinski definition) is 0. The molecule has 0 atom stereocenters. The van der Waals surface area contributed by atoms with Gasteiger partial charge in [-0.2, -0.15) is 0 Å². The predicted molar refractivity (Wildman–Crippen MR) is 54.8 cm³/mol. The van der Waals surface area contributed by atoms with Crippen molar-refractivity contribution in [3.8, 4) is 0 Å². The molecular formula is C9H8Cl3. The molecule has 0 N–H and O–H groups in total. The molecule has 0 saturated carbocycles. The van der Waals surface area contributed by atoms with Gasteiger partial charge in [0.05, 0.1) is 0 Å². The Morgan fingerprint density at radius 1 is 1.25 bits per heavy atom. The number of benzene rings is 1. The average Bonchev–Trinajstić information content (AvgIpc) is 2.03. The van der Waals surface area contributed by atoms with Gasteiger partial charge in [0, 0.05) is 5.56 Å². The van der Waals surface area contributed by atoms with Crippen LogP contribution in [0.1, 0.15) is 18.1 Å². The molecule has 0 saturated heterocycles. The SMILES string of the molecule is C[CH]c1cccc(C(Cl)(Cl)Cl)c1. The molecule has 0 unspecified atom stereocenters. The van der Waals surface area contributed by atoms with E-state index in [0.29, 0.717) is 5.56 Å². The highest BCUT2D eigenvalue weighted by Crippen LogP contribution is 2.38. The highest BCUT2D eigenvalue weighted by molar-refractivity contribution is 6.66. The van der Waals surface area contributed by atoms with Gasteiger partial charge in [-0.25, -0.2) is 0 Å². The quantitative estimate of drug-likeness (QED) is 0.628. The second kappa shape index (κ2) is 3.87. The Kier molecular flexibility index (Phi) is 3.28. The van der Waals surface area contributed by atoms with Gasteiger partial charge in [0.2, 0.25) is 3.79 Å². The van der Waals surface area contributed by atoms with Crippen molar-refractivity contribution in [3.63, 3.8) is 0 Å². The van der Waals surface area contributed by atoms with Crippen LogP contribution in [0.3, 0.4) is 0 Å². The molecule has 0 heterocycles. The van der Waals surface area contributed by atoms with Gasteiger partial charge in [-0.1, -0.05) is 66.0 Å². The van der Waals surface area contributed by atoms with Gasteiger partial charge in [0.1, 0.15) is 0 Å². The molecule has 65 valence electrons. The Balaban J connectivity index is 3.02. The molecule has 0 aliphatic rings. The molecule has 0 aliphatic heterocycles. The Morgan fingerprint density at radius 2 is 1.92 bits per heavy atom. The Hall–Kier alpha value is 0.0900. The molecule has 0 fully saturated rings. The fourth-order valence-corrected chi connectivity index (χ4v) is 1.25. The van der Waals surface area contributed by atoms with E-state index in [1.165, 1.54) is 0 Å². The smallest absolute Gasteiger partial charge is 0.0784 e. The number of rotatable bonds is 1. The molecule has 0 bridgehead atoms. The largest absolute Gasteiger partial charge is 0.216 e. The van der Waals surface area contributed by atoms with E-state index in [4.69, 9.17) is 34.8 Å². The molecule has 1 aromatic rings. The molecule has 12 heavy (non-hydrogen) atoms. The van der Waals surface area contributed by atoms with Crippen molar-refractivity contribution in [3.05, 3.63) is 41.8 Å². The van der Waals surface area contributed by atoms with Crippen molar-refractivity contribution in [1.82, 2.24) is 0 Å². The number of alkyl halides is 3. The molecule has 1 rings (SSSR count). The zero-order valence-electron chi connectivity index (χ0n) is 6.52. The van der Waals surface area contributed by atoms with Crippen LogP contribution in [0.4, 0.5) is 0 Å². The molecule has 0 nitrogen and oxygen atoms in total. The lowest BCUT2D eigenvalue weighted by Crippen LogP contribution is -1.99. The van der Waals surface area contributed by atoms with Gasteiger partial charge in [-0.15, -0.1) is 0 Å². The van der Waals surface area contributed by atoms with Gasteiger partial charge in [0.15, 0.2) is 0 Å². The number of hydrogen-bond donors (Lipinski definition) is 0. The van der Waals surface area contributed by atoms with E-state index < -0.39 is 3.79 Å². The zero-order valence-corrected chi connectivity index (χ0v) is 8.79. The van der Waals surface area contributed by atoms with Crippen molar-refractivity contribution in [2.24, 2.45) is 0 Å². The zero-order chi connectivity index (χ0) is 9.19. The summed E-state index contributed by atoms with van der Waals surface area (Å²) in [6.07, 6.45) is 1.96. The maximum absolute atomic E-state index is 5.70. The average molecular weight is 223 g/mol. The van der Waals surface area contributed by atoms with Crippen LogP contribution in [-0.4, -0.2) is 0 Å². The minimum Gasteiger partial charge on any atom is -0.0784 e. The summed E-state index contributed by atoms with van der Waals surface area (Å²) in [4.78, 5) is 0. The maximum atomic E-state index is 5.70. The first-order chi connectivity index (χ1) is 5.54. The lowest BCUT2D eigenvalue weighted by atomic mass is 10.1. The summed E-state index contributed by atoms with van der Waals surface area (Å²) < 4.78 is -1.32. The molecule has 3 heteroatoms. The fraction of sp³-hybridized carbons (Fsp3) is 0.222. The summed E-state index contributed by atoms with van der Waals surface area (Å²) in [5, 5.41) is 0. The lowest BCUT2D eigenvalue weighted by molar-refractivity contribution is 1.22. The normalized spacial score (nSPS) is 11.7. The van der Waals surface area contributed by atoms with E-state index in [2.05, 4.69) is 0 Å². The Morgan fingerprint density at radius 3 is 2.42 bits per heavy atom. The van der Waals surface area contributed by atoms with E-state index in [9.17, 15) is 0 Å². The van der Waals surface area contributed by atoms with Gasteiger partial charge in [-0.3, -0.25) is 0 Å². The Labute approximate surface area is 87.4 Å². The predicted octanol–water partition coefficient (Wildman–Crippen LogP) is 4.09. The van der Waals surface area contributed by atoms with Crippen LogP contribution < -0.4 is 0 Å². The van der Waals surface area contributed by atoms with E-state index in [1.54, 1.807) is 6.07 Å². The standard InChI is InChI=1S/C9H8Cl3/c1-2-7-4-3-5-8(6-7)9(10,11)12/h2-6H,1H3. The maximum Gasteiger partial charge on any atom is 0.216 e. The lowest BCUT2D eigenvalue weighted by Gasteiger charge is -2.11. The van der Waals surface area contributed by atoms with Crippen LogP contribution in [0.2, 0.25) is 0 Å². The van der Waals surface area contributed by atoms with Crippen molar-refractivity contribution >= 4 is 34.8 Å². The third kappa shape index (κ3) is 2.55. The first kappa shape index (κ1) is 10.2. The van der Waals surface area contributed by atoms with E-state index in [1.807, 2.05) is 31.5 Å². The second-order valence-electron chi connectivity index (χ2n) is 2.41. The summed E-state index contributed by atoms with van der Waals surface area (Å²) >= 11 is 17.1. The summed E-state index contributed by atoms with van der Waals surface area (Å²) in [6.45, 7) is 1.94. The van der Waals surface area contributed by atoms with Gasteiger partial charge in [0.25, 0.3) is 0 Å². The summed E-state index contributed by atoms with van der Waals surface area (Å²) in [7, 11) is 0. The third-order valence-electron chi connectivity index (χ3n) is 1.55. The van der Waals surface area contributed by atoms with Gasteiger partial charge < -0.3 is 0 Å².